The second kappa shape index (κ2) is 6.40. The van der Waals surface area contributed by atoms with Crippen LogP contribution in [0, 0.1) is 0 Å². The van der Waals surface area contributed by atoms with Crippen molar-refractivity contribution in [2.45, 2.75) is 34.1 Å². The maximum absolute atomic E-state index is 5.56. The molecule has 1 nitrogen and oxygen atoms in total. The summed E-state index contributed by atoms with van der Waals surface area (Å²) in [6.45, 7) is 13.2. The van der Waals surface area contributed by atoms with Crippen molar-refractivity contribution in [2.75, 3.05) is 6.54 Å². The number of allylic oxidation sites excluding steroid dienone is 4. The quantitative estimate of drug-likeness (QED) is 0.617. The second-order valence-corrected chi connectivity index (χ2v) is 5.25. The topological polar surface area (TPSA) is 26.0 Å². The molecule has 0 radical (unpaired) electrons. The first-order valence-electron chi connectivity index (χ1n) is 4.80. The van der Waals surface area contributed by atoms with E-state index < -0.39 is 0 Å². The molecule has 0 saturated heterocycles. The molecule has 0 aliphatic rings. The van der Waals surface area contributed by atoms with Crippen LogP contribution in [0.1, 0.15) is 34.1 Å². The van der Waals surface area contributed by atoms with Gasteiger partial charge in [-0.05, 0) is 78.0 Å². The summed E-state index contributed by atoms with van der Waals surface area (Å²) in [6, 6.07) is 0. The Hall–Kier alpha value is -0.0900. The lowest BCUT2D eigenvalue weighted by atomic mass is 9.94. The molecule has 2 heteroatoms. The highest BCUT2D eigenvalue weighted by Gasteiger charge is 2.07. The molecule has 0 aromatic carbocycles. The molecule has 0 saturated carbocycles. The standard InChI is InChI=1S/C12H20IN/c1-8(2)12(9(3)6-7-14)10(4)11(5)13/h1,6-7,14H2,2-5H3/b11-10-,12-9+. The van der Waals surface area contributed by atoms with Crippen LogP contribution >= 0.6 is 22.6 Å². The zero-order valence-corrected chi connectivity index (χ0v) is 11.7. The molecule has 0 amide bonds. The summed E-state index contributed by atoms with van der Waals surface area (Å²) < 4.78 is 1.32. The van der Waals surface area contributed by atoms with Gasteiger partial charge in [0.15, 0.2) is 0 Å². The summed E-state index contributed by atoms with van der Waals surface area (Å²) in [6.07, 6.45) is 0.948. The van der Waals surface area contributed by atoms with Crippen LogP contribution in [-0.2, 0) is 0 Å². The van der Waals surface area contributed by atoms with E-state index in [2.05, 4.69) is 56.9 Å². The van der Waals surface area contributed by atoms with Crippen molar-refractivity contribution >= 4 is 22.6 Å². The van der Waals surface area contributed by atoms with Crippen LogP contribution in [0.5, 0.6) is 0 Å². The van der Waals surface area contributed by atoms with Crippen molar-refractivity contribution in [1.82, 2.24) is 0 Å². The summed E-state index contributed by atoms with van der Waals surface area (Å²) in [4.78, 5) is 0. The third-order valence-corrected chi connectivity index (χ3v) is 3.07. The Bertz CT molecular complexity index is 281. The second-order valence-electron chi connectivity index (χ2n) is 3.63. The van der Waals surface area contributed by atoms with E-state index in [0.29, 0.717) is 6.54 Å². The maximum Gasteiger partial charge on any atom is -0.00397 e. The molecule has 0 aromatic rings. The van der Waals surface area contributed by atoms with Crippen LogP contribution in [-0.4, -0.2) is 6.54 Å². The fourth-order valence-electron chi connectivity index (χ4n) is 1.52. The van der Waals surface area contributed by atoms with Gasteiger partial charge in [0.1, 0.15) is 0 Å². The SMILES string of the molecule is C=C(C)C(/C(C)=C(/C)I)=C(/C)CCN. The Balaban J connectivity index is 5.26. The Morgan fingerprint density at radius 3 is 2.00 bits per heavy atom. The Morgan fingerprint density at radius 1 is 1.21 bits per heavy atom. The molecule has 0 aliphatic heterocycles. The summed E-state index contributed by atoms with van der Waals surface area (Å²) in [5.74, 6) is 0. The predicted octanol–water partition coefficient (Wildman–Crippen LogP) is 3.96. The monoisotopic (exact) mass is 305 g/mol. The third-order valence-electron chi connectivity index (χ3n) is 2.26. The van der Waals surface area contributed by atoms with Gasteiger partial charge in [0.25, 0.3) is 0 Å². The molecule has 2 N–H and O–H groups in total. The molecule has 80 valence electrons. The summed E-state index contributed by atoms with van der Waals surface area (Å²) in [7, 11) is 0. The van der Waals surface area contributed by atoms with Crippen molar-refractivity contribution < 1.29 is 0 Å². The van der Waals surface area contributed by atoms with Gasteiger partial charge in [0.2, 0.25) is 0 Å². The van der Waals surface area contributed by atoms with Crippen molar-refractivity contribution in [2.24, 2.45) is 5.73 Å². The summed E-state index contributed by atoms with van der Waals surface area (Å²) >= 11 is 2.35. The van der Waals surface area contributed by atoms with Crippen molar-refractivity contribution in [3.05, 3.63) is 32.5 Å². The lowest BCUT2D eigenvalue weighted by molar-refractivity contribution is 0.935. The van der Waals surface area contributed by atoms with Gasteiger partial charge in [-0.2, -0.15) is 0 Å². The third kappa shape index (κ3) is 3.96. The molecule has 0 bridgehead atoms. The molecule has 0 spiro atoms. The van der Waals surface area contributed by atoms with Crippen molar-refractivity contribution in [1.29, 1.82) is 0 Å². The Morgan fingerprint density at radius 2 is 1.71 bits per heavy atom. The zero-order valence-electron chi connectivity index (χ0n) is 9.58. The molecule has 0 unspecified atom stereocenters. The molecule has 0 fully saturated rings. The van der Waals surface area contributed by atoms with Crippen LogP contribution in [0.15, 0.2) is 32.5 Å². The van der Waals surface area contributed by atoms with Crippen LogP contribution < -0.4 is 5.73 Å². The van der Waals surface area contributed by atoms with E-state index in [1.54, 1.807) is 0 Å². The first-order chi connectivity index (χ1) is 6.41. The van der Waals surface area contributed by atoms with Gasteiger partial charge in [-0.15, -0.1) is 0 Å². The first-order valence-corrected chi connectivity index (χ1v) is 5.88. The maximum atomic E-state index is 5.56. The Kier molecular flexibility index (Phi) is 6.36. The van der Waals surface area contributed by atoms with Gasteiger partial charge >= 0.3 is 0 Å². The zero-order chi connectivity index (χ0) is 11.3. The van der Waals surface area contributed by atoms with Gasteiger partial charge in [0.05, 0.1) is 0 Å². The molecule has 14 heavy (non-hydrogen) atoms. The van der Waals surface area contributed by atoms with Gasteiger partial charge in [-0.3, -0.25) is 0 Å². The number of rotatable bonds is 4. The van der Waals surface area contributed by atoms with Crippen LogP contribution in [0.2, 0.25) is 0 Å². The summed E-state index contributed by atoms with van der Waals surface area (Å²) in [5, 5.41) is 0. The molecular weight excluding hydrogens is 285 g/mol. The minimum atomic E-state index is 0.705. The molecule has 0 atom stereocenters. The molecule has 0 heterocycles. The fraction of sp³-hybridized carbons (Fsp3) is 0.500. The van der Waals surface area contributed by atoms with Crippen LogP contribution in [0.25, 0.3) is 0 Å². The molecule has 0 aliphatic carbocycles. The van der Waals surface area contributed by atoms with E-state index in [-0.39, 0.29) is 0 Å². The highest BCUT2D eigenvalue weighted by molar-refractivity contribution is 14.1. The number of hydrogen-bond acceptors (Lipinski definition) is 1. The van der Waals surface area contributed by atoms with E-state index in [1.165, 1.54) is 20.3 Å². The minimum absolute atomic E-state index is 0.705. The van der Waals surface area contributed by atoms with E-state index in [1.807, 2.05) is 0 Å². The lowest BCUT2D eigenvalue weighted by Crippen LogP contribution is -2.02. The highest BCUT2D eigenvalue weighted by atomic mass is 127. The fourth-order valence-corrected chi connectivity index (χ4v) is 1.79. The molecule has 0 aromatic heterocycles. The van der Waals surface area contributed by atoms with Crippen molar-refractivity contribution in [3.63, 3.8) is 0 Å². The normalized spacial score (nSPS) is 14.7. The Labute approximate surface area is 101 Å². The highest BCUT2D eigenvalue weighted by Crippen LogP contribution is 2.27. The number of halogens is 1. The van der Waals surface area contributed by atoms with E-state index in [9.17, 15) is 0 Å². The van der Waals surface area contributed by atoms with Gasteiger partial charge in [-0.25, -0.2) is 0 Å². The first kappa shape index (κ1) is 13.9. The molecule has 0 rings (SSSR count). The minimum Gasteiger partial charge on any atom is -0.330 e. The lowest BCUT2D eigenvalue weighted by Gasteiger charge is -2.13. The molecular formula is C12H20IN. The van der Waals surface area contributed by atoms with E-state index >= 15 is 0 Å². The largest absolute Gasteiger partial charge is 0.330 e. The van der Waals surface area contributed by atoms with Crippen LogP contribution in [0.4, 0.5) is 0 Å². The van der Waals surface area contributed by atoms with Crippen molar-refractivity contribution in [3.8, 4) is 0 Å². The van der Waals surface area contributed by atoms with Gasteiger partial charge < -0.3 is 5.73 Å². The van der Waals surface area contributed by atoms with Gasteiger partial charge in [0, 0.05) is 0 Å². The average Bonchev–Trinajstić information content (AvgIpc) is 2.03. The average molecular weight is 305 g/mol. The van der Waals surface area contributed by atoms with E-state index in [0.717, 1.165) is 12.0 Å². The van der Waals surface area contributed by atoms with Gasteiger partial charge in [-0.1, -0.05) is 17.7 Å². The van der Waals surface area contributed by atoms with E-state index in [4.69, 9.17) is 5.73 Å². The van der Waals surface area contributed by atoms with Crippen LogP contribution in [0.3, 0.4) is 0 Å². The smallest absolute Gasteiger partial charge is 0.00397 e. The number of hydrogen-bond donors (Lipinski definition) is 1. The number of nitrogens with two attached hydrogens (primary N) is 1. The summed E-state index contributed by atoms with van der Waals surface area (Å²) in [5.41, 5.74) is 10.6. The predicted molar refractivity (Wildman–Crippen MR) is 73.6 cm³/mol.